The largest absolute Gasteiger partial charge is 0.397 e. The lowest BCUT2D eigenvalue weighted by Gasteiger charge is -1.94. The van der Waals surface area contributed by atoms with E-state index < -0.39 is 0 Å². The average molecular weight is 250 g/mol. The maximum Gasteiger partial charge on any atom is 0.139 e. The van der Waals surface area contributed by atoms with Crippen LogP contribution in [0.5, 0.6) is 0 Å². The lowest BCUT2D eigenvalue weighted by Crippen LogP contribution is -1.86. The molecule has 80 valence electrons. The van der Waals surface area contributed by atoms with Gasteiger partial charge in [-0.3, -0.25) is 0 Å². The molecule has 0 fully saturated rings. The summed E-state index contributed by atoms with van der Waals surface area (Å²) in [6.45, 7) is 0. The fourth-order valence-corrected chi connectivity index (χ4v) is 2.51. The number of fused-ring (bicyclic) bond motifs is 1. The lowest BCUT2D eigenvalue weighted by molar-refractivity contribution is 1.35. The molecular formula is C11H8ClN3S. The molecule has 3 nitrogen and oxygen atoms in total. The van der Waals surface area contributed by atoms with Gasteiger partial charge in [-0.15, -0.1) is 0 Å². The number of imidazole rings is 1. The highest BCUT2D eigenvalue weighted by Gasteiger charge is 2.08. The number of nitrogens with one attached hydrogen (secondary N) is 1. The molecule has 16 heavy (non-hydrogen) atoms. The first kappa shape index (κ1) is 9.69. The van der Waals surface area contributed by atoms with Gasteiger partial charge in [0.2, 0.25) is 0 Å². The predicted octanol–water partition coefficient (Wildman–Crippen LogP) is 3.53. The molecule has 0 unspecified atom stereocenters. The lowest BCUT2D eigenvalue weighted by atomic mass is 10.3. The van der Waals surface area contributed by atoms with Gasteiger partial charge in [0.15, 0.2) is 0 Å². The van der Waals surface area contributed by atoms with Gasteiger partial charge in [-0.25, -0.2) is 4.98 Å². The van der Waals surface area contributed by atoms with Crippen molar-refractivity contribution in [3.05, 3.63) is 34.0 Å². The van der Waals surface area contributed by atoms with E-state index in [-0.39, 0.29) is 0 Å². The van der Waals surface area contributed by atoms with Crippen LogP contribution in [0.4, 0.5) is 5.69 Å². The third-order valence-electron chi connectivity index (χ3n) is 2.38. The molecule has 0 saturated heterocycles. The Bertz CT molecular complexity index is 643. The van der Waals surface area contributed by atoms with Crippen LogP contribution in [0.2, 0.25) is 5.02 Å². The van der Waals surface area contributed by atoms with Gasteiger partial charge in [0.1, 0.15) is 11.3 Å². The monoisotopic (exact) mass is 249 g/mol. The summed E-state index contributed by atoms with van der Waals surface area (Å²) in [7, 11) is 0. The minimum Gasteiger partial charge on any atom is -0.397 e. The Kier molecular flexibility index (Phi) is 2.12. The van der Waals surface area contributed by atoms with Crippen LogP contribution < -0.4 is 5.73 Å². The van der Waals surface area contributed by atoms with Crippen LogP contribution in [0.3, 0.4) is 0 Å². The predicted molar refractivity (Wildman–Crippen MR) is 68.8 cm³/mol. The van der Waals surface area contributed by atoms with Crippen molar-refractivity contribution in [2.24, 2.45) is 0 Å². The highest BCUT2D eigenvalue weighted by molar-refractivity contribution is 7.08. The van der Waals surface area contributed by atoms with Gasteiger partial charge in [-0.05, 0) is 23.6 Å². The minimum absolute atomic E-state index is 0.597. The third-order valence-corrected chi connectivity index (χ3v) is 3.28. The molecule has 1 aromatic carbocycles. The van der Waals surface area contributed by atoms with Gasteiger partial charge >= 0.3 is 0 Å². The summed E-state index contributed by atoms with van der Waals surface area (Å²) in [5.41, 5.74) is 9.16. The highest BCUT2D eigenvalue weighted by Crippen LogP contribution is 2.28. The second-order valence-electron chi connectivity index (χ2n) is 3.49. The molecule has 2 heterocycles. The molecule has 0 aliphatic heterocycles. The van der Waals surface area contributed by atoms with Crippen LogP contribution in [0.1, 0.15) is 0 Å². The smallest absolute Gasteiger partial charge is 0.139 e. The summed E-state index contributed by atoms with van der Waals surface area (Å²) >= 11 is 7.57. The zero-order valence-corrected chi connectivity index (χ0v) is 9.77. The Balaban J connectivity index is 2.27. The third kappa shape index (κ3) is 1.47. The Morgan fingerprint density at radius 2 is 2.25 bits per heavy atom. The number of hydrogen-bond donors (Lipinski definition) is 2. The van der Waals surface area contributed by atoms with Gasteiger partial charge in [-0.2, -0.15) is 11.3 Å². The van der Waals surface area contributed by atoms with Gasteiger partial charge in [-0.1, -0.05) is 11.6 Å². The van der Waals surface area contributed by atoms with Crippen molar-refractivity contribution in [1.82, 2.24) is 9.97 Å². The number of nitrogens with zero attached hydrogens (tertiary/aromatic N) is 1. The number of rotatable bonds is 1. The SMILES string of the molecule is Nc1cc(Cl)cc2[nH]c(-c3ccsc3)nc12. The fraction of sp³-hybridized carbons (Fsp3) is 0. The number of hydrogen-bond acceptors (Lipinski definition) is 3. The average Bonchev–Trinajstić information content (AvgIpc) is 2.82. The van der Waals surface area contributed by atoms with Crippen molar-refractivity contribution in [3.8, 4) is 11.4 Å². The molecule has 0 bridgehead atoms. The number of halogens is 1. The Hall–Kier alpha value is -1.52. The van der Waals surface area contributed by atoms with Crippen LogP contribution in [-0.4, -0.2) is 9.97 Å². The van der Waals surface area contributed by atoms with Crippen molar-refractivity contribution >= 4 is 39.7 Å². The standard InChI is InChI=1S/C11H8ClN3S/c12-7-3-8(13)10-9(4-7)14-11(15-10)6-1-2-16-5-6/h1-5H,13H2,(H,14,15). The molecule has 0 atom stereocenters. The van der Waals surface area contributed by atoms with E-state index in [2.05, 4.69) is 9.97 Å². The molecule has 3 aromatic rings. The summed E-state index contributed by atoms with van der Waals surface area (Å²) in [4.78, 5) is 7.67. The van der Waals surface area contributed by atoms with Crippen molar-refractivity contribution in [2.45, 2.75) is 0 Å². The van der Waals surface area contributed by atoms with Gasteiger partial charge in [0.25, 0.3) is 0 Å². The normalized spacial score (nSPS) is 11.1. The summed E-state index contributed by atoms with van der Waals surface area (Å²) in [5.74, 6) is 0.824. The number of nitrogens with two attached hydrogens (primary N) is 1. The molecule has 0 aliphatic carbocycles. The topological polar surface area (TPSA) is 54.7 Å². The first-order valence-electron chi connectivity index (χ1n) is 4.71. The van der Waals surface area contributed by atoms with Gasteiger partial charge in [0.05, 0.1) is 11.2 Å². The van der Waals surface area contributed by atoms with E-state index in [4.69, 9.17) is 17.3 Å². The Morgan fingerprint density at radius 3 is 3.00 bits per heavy atom. The number of aromatic nitrogens is 2. The fourth-order valence-electron chi connectivity index (χ4n) is 1.64. The van der Waals surface area contributed by atoms with Gasteiger partial charge in [0, 0.05) is 16.0 Å². The molecule has 3 N–H and O–H groups in total. The number of nitrogen functional groups attached to an aromatic ring is 1. The summed E-state index contributed by atoms with van der Waals surface area (Å²) in [6.07, 6.45) is 0. The maximum absolute atomic E-state index is 5.93. The summed E-state index contributed by atoms with van der Waals surface area (Å²) in [5, 5.41) is 4.67. The molecule has 2 aromatic heterocycles. The zero-order chi connectivity index (χ0) is 11.1. The molecule has 0 radical (unpaired) electrons. The van der Waals surface area contributed by atoms with E-state index in [1.807, 2.05) is 22.9 Å². The van der Waals surface area contributed by atoms with E-state index in [1.165, 1.54) is 0 Å². The van der Waals surface area contributed by atoms with Crippen LogP contribution in [0.25, 0.3) is 22.4 Å². The summed E-state index contributed by atoms with van der Waals surface area (Å²) in [6, 6.07) is 5.55. The number of aromatic amines is 1. The van der Waals surface area contributed by atoms with E-state index in [9.17, 15) is 0 Å². The molecule has 3 rings (SSSR count). The first-order valence-corrected chi connectivity index (χ1v) is 6.03. The minimum atomic E-state index is 0.597. The number of benzene rings is 1. The number of H-pyrrole nitrogens is 1. The molecule has 5 heteroatoms. The van der Waals surface area contributed by atoms with Crippen molar-refractivity contribution in [1.29, 1.82) is 0 Å². The Morgan fingerprint density at radius 1 is 1.38 bits per heavy atom. The van der Waals surface area contributed by atoms with Crippen LogP contribution in [0.15, 0.2) is 29.0 Å². The second-order valence-corrected chi connectivity index (χ2v) is 4.71. The second kappa shape index (κ2) is 3.50. The molecule has 0 saturated carbocycles. The number of anilines is 1. The zero-order valence-electron chi connectivity index (χ0n) is 8.20. The van der Waals surface area contributed by atoms with E-state index >= 15 is 0 Å². The van der Waals surface area contributed by atoms with Gasteiger partial charge < -0.3 is 10.7 Å². The summed E-state index contributed by atoms with van der Waals surface area (Å²) < 4.78 is 0. The van der Waals surface area contributed by atoms with Crippen LogP contribution >= 0.6 is 22.9 Å². The van der Waals surface area contributed by atoms with E-state index in [0.717, 1.165) is 22.4 Å². The van der Waals surface area contributed by atoms with Crippen LogP contribution in [0, 0.1) is 0 Å². The number of thiophene rings is 1. The molecule has 0 spiro atoms. The molecule has 0 amide bonds. The van der Waals surface area contributed by atoms with Crippen molar-refractivity contribution in [2.75, 3.05) is 5.73 Å². The van der Waals surface area contributed by atoms with E-state index in [1.54, 1.807) is 17.4 Å². The molecular weight excluding hydrogens is 242 g/mol. The molecule has 0 aliphatic rings. The highest BCUT2D eigenvalue weighted by atomic mass is 35.5. The quantitative estimate of drug-likeness (QED) is 0.649. The van der Waals surface area contributed by atoms with Crippen LogP contribution in [-0.2, 0) is 0 Å². The first-order chi connectivity index (χ1) is 7.74. The maximum atomic E-state index is 5.93. The van der Waals surface area contributed by atoms with Crippen molar-refractivity contribution in [3.63, 3.8) is 0 Å². The van der Waals surface area contributed by atoms with E-state index in [0.29, 0.717) is 10.7 Å². The Labute approximate surface area is 101 Å². The van der Waals surface area contributed by atoms with Crippen molar-refractivity contribution < 1.29 is 0 Å².